The second-order valence-corrected chi connectivity index (χ2v) is 4.96. The fraction of sp³-hybridized carbons (Fsp3) is 0.188. The smallest absolute Gasteiger partial charge is 0.182 e. The summed E-state index contributed by atoms with van der Waals surface area (Å²) < 4.78 is 1.79. The molecule has 3 aromatic rings. The number of aryl methyl sites for hydroxylation is 1. The highest BCUT2D eigenvalue weighted by atomic mass is 15.5. The quantitative estimate of drug-likeness (QED) is 0.745. The molecule has 0 atom stereocenters. The number of rotatable bonds is 4. The van der Waals surface area contributed by atoms with Crippen LogP contribution in [0, 0.1) is 0 Å². The average molecular weight is 279 g/mol. The number of tetrazole rings is 1. The van der Waals surface area contributed by atoms with Gasteiger partial charge in [-0.3, -0.25) is 0 Å². The summed E-state index contributed by atoms with van der Waals surface area (Å²) in [4.78, 5) is 0. The zero-order chi connectivity index (χ0) is 14.7. The molecule has 21 heavy (non-hydrogen) atoms. The van der Waals surface area contributed by atoms with Gasteiger partial charge in [-0.15, -0.1) is 5.10 Å². The number of anilines is 1. The van der Waals surface area contributed by atoms with Crippen molar-refractivity contribution >= 4 is 5.69 Å². The first-order valence-electron chi connectivity index (χ1n) is 6.96. The fourth-order valence-electron chi connectivity index (χ4n) is 2.25. The maximum atomic E-state index is 5.82. The van der Waals surface area contributed by atoms with E-state index in [4.69, 9.17) is 5.73 Å². The summed E-state index contributed by atoms with van der Waals surface area (Å²) in [6.45, 7) is 2.79. The van der Waals surface area contributed by atoms with Crippen molar-refractivity contribution in [2.75, 3.05) is 5.73 Å². The minimum atomic E-state index is 0.640. The van der Waals surface area contributed by atoms with Crippen LogP contribution in [0.3, 0.4) is 0 Å². The van der Waals surface area contributed by atoms with Crippen molar-refractivity contribution in [1.82, 2.24) is 20.2 Å². The predicted octanol–water partition coefficient (Wildman–Crippen LogP) is 2.53. The standard InChI is InChI=1S/C16H17N5/c1-2-12-6-8-13(9-7-12)11-21-16(18-19-20-21)14-4-3-5-15(17)10-14/h3-10H,2,11,17H2,1H3. The minimum absolute atomic E-state index is 0.640. The Morgan fingerprint density at radius 2 is 1.81 bits per heavy atom. The van der Waals surface area contributed by atoms with Crippen LogP contribution in [-0.4, -0.2) is 20.2 Å². The van der Waals surface area contributed by atoms with Gasteiger partial charge in [0.05, 0.1) is 6.54 Å². The van der Waals surface area contributed by atoms with Crippen molar-refractivity contribution in [2.45, 2.75) is 19.9 Å². The Balaban J connectivity index is 1.88. The average Bonchev–Trinajstić information content (AvgIpc) is 2.96. The van der Waals surface area contributed by atoms with E-state index in [9.17, 15) is 0 Å². The molecule has 0 spiro atoms. The molecule has 0 aliphatic carbocycles. The highest BCUT2D eigenvalue weighted by Crippen LogP contribution is 2.19. The SMILES string of the molecule is CCc1ccc(Cn2nnnc2-c2cccc(N)c2)cc1. The van der Waals surface area contributed by atoms with Gasteiger partial charge in [0.25, 0.3) is 0 Å². The first-order valence-corrected chi connectivity index (χ1v) is 6.96. The van der Waals surface area contributed by atoms with Gasteiger partial charge in [0, 0.05) is 11.3 Å². The summed E-state index contributed by atoms with van der Waals surface area (Å²) in [7, 11) is 0. The number of nitrogens with zero attached hydrogens (tertiary/aromatic N) is 4. The Kier molecular flexibility index (Phi) is 3.64. The van der Waals surface area contributed by atoms with Crippen LogP contribution < -0.4 is 5.73 Å². The van der Waals surface area contributed by atoms with Gasteiger partial charge in [-0.2, -0.15) is 0 Å². The van der Waals surface area contributed by atoms with Gasteiger partial charge in [0.15, 0.2) is 5.82 Å². The lowest BCUT2D eigenvalue weighted by atomic mass is 10.1. The van der Waals surface area contributed by atoms with E-state index < -0.39 is 0 Å². The van der Waals surface area contributed by atoms with Gasteiger partial charge >= 0.3 is 0 Å². The molecule has 5 nitrogen and oxygen atoms in total. The van der Waals surface area contributed by atoms with Crippen LogP contribution >= 0.6 is 0 Å². The molecule has 0 bridgehead atoms. The molecule has 5 heteroatoms. The van der Waals surface area contributed by atoms with Gasteiger partial charge in [0.2, 0.25) is 0 Å². The van der Waals surface area contributed by atoms with Crippen LogP contribution in [0.15, 0.2) is 48.5 Å². The monoisotopic (exact) mass is 279 g/mol. The predicted molar refractivity (Wildman–Crippen MR) is 82.6 cm³/mol. The molecule has 0 saturated carbocycles. The molecule has 0 fully saturated rings. The van der Waals surface area contributed by atoms with E-state index in [-0.39, 0.29) is 0 Å². The molecule has 0 radical (unpaired) electrons. The number of aromatic nitrogens is 4. The summed E-state index contributed by atoms with van der Waals surface area (Å²) in [5.74, 6) is 0.724. The zero-order valence-corrected chi connectivity index (χ0v) is 11.9. The second-order valence-electron chi connectivity index (χ2n) is 4.96. The topological polar surface area (TPSA) is 69.6 Å². The highest BCUT2D eigenvalue weighted by molar-refractivity contribution is 5.60. The maximum absolute atomic E-state index is 5.82. The third-order valence-electron chi connectivity index (χ3n) is 3.44. The van der Waals surface area contributed by atoms with Gasteiger partial charge in [-0.05, 0) is 40.1 Å². The van der Waals surface area contributed by atoms with Crippen molar-refractivity contribution < 1.29 is 0 Å². The van der Waals surface area contributed by atoms with Crippen molar-refractivity contribution in [2.24, 2.45) is 0 Å². The normalized spacial score (nSPS) is 10.7. The van der Waals surface area contributed by atoms with E-state index in [1.807, 2.05) is 24.3 Å². The van der Waals surface area contributed by atoms with E-state index in [0.29, 0.717) is 12.2 Å². The van der Waals surface area contributed by atoms with Crippen molar-refractivity contribution in [3.63, 3.8) is 0 Å². The molecular weight excluding hydrogens is 262 g/mol. The molecular formula is C16H17N5. The van der Waals surface area contributed by atoms with E-state index in [1.165, 1.54) is 11.1 Å². The molecule has 0 unspecified atom stereocenters. The van der Waals surface area contributed by atoms with Crippen LogP contribution in [0.4, 0.5) is 5.69 Å². The van der Waals surface area contributed by atoms with Crippen LogP contribution in [0.5, 0.6) is 0 Å². The number of benzene rings is 2. The molecule has 2 N–H and O–H groups in total. The minimum Gasteiger partial charge on any atom is -0.399 e. The third kappa shape index (κ3) is 2.91. The molecule has 0 aliphatic rings. The molecule has 1 heterocycles. The first kappa shape index (κ1) is 13.3. The Hall–Kier alpha value is -2.69. The van der Waals surface area contributed by atoms with Crippen molar-refractivity contribution in [3.8, 4) is 11.4 Å². The molecule has 3 rings (SSSR count). The Bertz CT molecular complexity index is 730. The van der Waals surface area contributed by atoms with Gasteiger partial charge in [-0.25, -0.2) is 4.68 Å². The lowest BCUT2D eigenvalue weighted by Crippen LogP contribution is -2.04. The van der Waals surface area contributed by atoms with Gasteiger partial charge in [-0.1, -0.05) is 43.3 Å². The van der Waals surface area contributed by atoms with Crippen molar-refractivity contribution in [1.29, 1.82) is 0 Å². The molecule has 0 aliphatic heterocycles. The summed E-state index contributed by atoms with van der Waals surface area (Å²) in [6, 6.07) is 16.1. The molecule has 106 valence electrons. The van der Waals surface area contributed by atoms with E-state index in [1.54, 1.807) is 4.68 Å². The lowest BCUT2D eigenvalue weighted by molar-refractivity contribution is 0.653. The number of hydrogen-bond donors (Lipinski definition) is 1. The summed E-state index contributed by atoms with van der Waals surface area (Å²) >= 11 is 0. The third-order valence-corrected chi connectivity index (χ3v) is 3.44. The molecule has 0 amide bonds. The molecule has 0 saturated heterocycles. The Morgan fingerprint density at radius 1 is 1.05 bits per heavy atom. The van der Waals surface area contributed by atoms with Gasteiger partial charge < -0.3 is 5.73 Å². The largest absolute Gasteiger partial charge is 0.399 e. The first-order chi connectivity index (χ1) is 10.3. The van der Waals surface area contributed by atoms with E-state index in [2.05, 4.69) is 46.7 Å². The Labute approximate surface area is 123 Å². The van der Waals surface area contributed by atoms with E-state index >= 15 is 0 Å². The Morgan fingerprint density at radius 3 is 2.52 bits per heavy atom. The van der Waals surface area contributed by atoms with E-state index in [0.717, 1.165) is 17.8 Å². The molecule has 2 aromatic carbocycles. The summed E-state index contributed by atoms with van der Waals surface area (Å²) in [5.41, 5.74) is 9.94. The van der Waals surface area contributed by atoms with Crippen LogP contribution in [0.1, 0.15) is 18.1 Å². The number of hydrogen-bond acceptors (Lipinski definition) is 4. The van der Waals surface area contributed by atoms with Crippen LogP contribution in [0.25, 0.3) is 11.4 Å². The maximum Gasteiger partial charge on any atom is 0.182 e. The van der Waals surface area contributed by atoms with Crippen molar-refractivity contribution in [3.05, 3.63) is 59.7 Å². The van der Waals surface area contributed by atoms with Crippen LogP contribution in [-0.2, 0) is 13.0 Å². The van der Waals surface area contributed by atoms with Crippen LogP contribution in [0.2, 0.25) is 0 Å². The zero-order valence-electron chi connectivity index (χ0n) is 11.9. The molecule has 1 aromatic heterocycles. The second kappa shape index (κ2) is 5.75. The highest BCUT2D eigenvalue weighted by Gasteiger charge is 2.09. The summed E-state index contributed by atoms with van der Waals surface area (Å²) in [5, 5.41) is 12.0. The number of nitrogens with two attached hydrogens (primary N) is 1. The number of nitrogen functional groups attached to an aromatic ring is 1. The lowest BCUT2D eigenvalue weighted by Gasteiger charge is -2.06. The van der Waals surface area contributed by atoms with Gasteiger partial charge in [0.1, 0.15) is 0 Å². The fourth-order valence-corrected chi connectivity index (χ4v) is 2.25. The summed E-state index contributed by atoms with van der Waals surface area (Å²) in [6.07, 6.45) is 1.04.